The molecule has 5 nitrogen and oxygen atoms in total. The molecule has 0 fully saturated rings. The van der Waals surface area contributed by atoms with Gasteiger partial charge in [0, 0.05) is 12.1 Å². The Morgan fingerprint density at radius 1 is 1.22 bits per heavy atom. The zero-order valence-electron chi connectivity index (χ0n) is 14.3. The summed E-state index contributed by atoms with van der Waals surface area (Å²) in [6.45, 7) is 1.80. The predicted molar refractivity (Wildman–Crippen MR) is 95.6 cm³/mol. The van der Waals surface area contributed by atoms with Gasteiger partial charge in [-0.1, -0.05) is 43.3 Å². The van der Waals surface area contributed by atoms with E-state index in [9.17, 15) is 22.8 Å². The minimum absolute atomic E-state index is 0.0548. The first-order chi connectivity index (χ1) is 12.8. The fourth-order valence-corrected chi connectivity index (χ4v) is 3.39. The number of alkyl halides is 3. The summed E-state index contributed by atoms with van der Waals surface area (Å²) in [4.78, 5) is 29.9. The highest BCUT2D eigenvalue weighted by Gasteiger charge is 2.67. The molecular formula is C18H16F3N3O2S. The highest BCUT2D eigenvalue weighted by molar-refractivity contribution is 7.12. The second kappa shape index (κ2) is 7.15. The smallest absolute Gasteiger partial charge is 0.311 e. The molecule has 142 valence electrons. The number of hydrogen-bond acceptors (Lipinski definition) is 4. The van der Waals surface area contributed by atoms with Crippen LogP contribution in [-0.4, -0.2) is 40.9 Å². The average Bonchev–Trinajstić information content (AvgIpc) is 3.25. The van der Waals surface area contributed by atoms with E-state index >= 15 is 0 Å². The largest absolute Gasteiger partial charge is 0.442 e. The third-order valence-electron chi connectivity index (χ3n) is 4.01. The van der Waals surface area contributed by atoms with E-state index in [0.717, 1.165) is 16.2 Å². The summed E-state index contributed by atoms with van der Waals surface area (Å²) in [6.07, 6.45) is -4.66. The summed E-state index contributed by atoms with van der Waals surface area (Å²) < 4.78 is 42.0. The van der Waals surface area contributed by atoms with Gasteiger partial charge in [0.15, 0.2) is 0 Å². The van der Waals surface area contributed by atoms with Crippen molar-refractivity contribution in [2.75, 3.05) is 6.54 Å². The molecule has 1 aromatic heterocycles. The molecule has 2 heterocycles. The zero-order chi connectivity index (χ0) is 19.7. The number of nitrogens with zero attached hydrogens (tertiary/aromatic N) is 2. The van der Waals surface area contributed by atoms with Gasteiger partial charge in [0.2, 0.25) is 0 Å². The Bertz CT molecular complexity index is 866. The monoisotopic (exact) mass is 395 g/mol. The Kier molecular flexibility index (Phi) is 5.05. The van der Waals surface area contributed by atoms with E-state index in [1.807, 2.05) is 5.32 Å². The first kappa shape index (κ1) is 19.1. The Morgan fingerprint density at radius 3 is 2.48 bits per heavy atom. The van der Waals surface area contributed by atoms with Crippen LogP contribution in [0.1, 0.15) is 28.6 Å². The van der Waals surface area contributed by atoms with Gasteiger partial charge in [-0.25, -0.2) is 4.99 Å². The molecule has 1 aromatic carbocycles. The fraction of sp³-hybridized carbons (Fsp3) is 0.278. The van der Waals surface area contributed by atoms with E-state index in [1.165, 1.54) is 6.07 Å². The first-order valence-corrected chi connectivity index (χ1v) is 9.08. The van der Waals surface area contributed by atoms with E-state index in [0.29, 0.717) is 12.0 Å². The lowest BCUT2D eigenvalue weighted by molar-refractivity contribution is -0.196. The number of thiophene rings is 1. The van der Waals surface area contributed by atoms with E-state index in [4.69, 9.17) is 0 Å². The van der Waals surface area contributed by atoms with Crippen molar-refractivity contribution in [1.29, 1.82) is 0 Å². The third-order valence-corrected chi connectivity index (χ3v) is 4.88. The quantitative estimate of drug-likeness (QED) is 0.843. The first-order valence-electron chi connectivity index (χ1n) is 8.20. The minimum Gasteiger partial charge on any atom is -0.311 e. The van der Waals surface area contributed by atoms with E-state index < -0.39 is 23.7 Å². The molecule has 1 N–H and O–H groups in total. The van der Waals surface area contributed by atoms with Gasteiger partial charge in [0.25, 0.3) is 11.8 Å². The van der Waals surface area contributed by atoms with Crippen molar-refractivity contribution in [1.82, 2.24) is 10.2 Å². The number of amidine groups is 1. The molecule has 0 spiro atoms. The molecule has 1 atom stereocenters. The van der Waals surface area contributed by atoms with Crippen molar-refractivity contribution in [3.8, 4) is 0 Å². The lowest BCUT2D eigenvalue weighted by atomic mass is 10.1. The zero-order valence-corrected chi connectivity index (χ0v) is 15.1. The van der Waals surface area contributed by atoms with Crippen LogP contribution in [0.4, 0.5) is 13.2 Å². The van der Waals surface area contributed by atoms with Crippen LogP contribution in [0, 0.1) is 0 Å². The number of benzene rings is 1. The van der Waals surface area contributed by atoms with Crippen molar-refractivity contribution in [3.63, 3.8) is 0 Å². The molecule has 0 aliphatic carbocycles. The number of hydrogen-bond donors (Lipinski definition) is 1. The summed E-state index contributed by atoms with van der Waals surface area (Å²) in [5.41, 5.74) is -2.97. The number of carbonyl (C=O) groups excluding carboxylic acids is 2. The maximum Gasteiger partial charge on any atom is 0.442 e. The average molecular weight is 395 g/mol. The highest BCUT2D eigenvalue weighted by atomic mass is 32.1. The van der Waals surface area contributed by atoms with Crippen molar-refractivity contribution in [2.24, 2.45) is 4.99 Å². The lowest BCUT2D eigenvalue weighted by Gasteiger charge is -2.28. The van der Waals surface area contributed by atoms with Gasteiger partial charge >= 0.3 is 11.8 Å². The summed E-state index contributed by atoms with van der Waals surface area (Å²) in [7, 11) is 0. The Morgan fingerprint density at radius 2 is 1.93 bits per heavy atom. The molecular weight excluding hydrogens is 379 g/mol. The second-order valence-electron chi connectivity index (χ2n) is 5.90. The van der Waals surface area contributed by atoms with Gasteiger partial charge in [0.05, 0.1) is 4.88 Å². The Balaban J connectivity index is 2.10. The predicted octanol–water partition coefficient (Wildman–Crippen LogP) is 3.44. The van der Waals surface area contributed by atoms with Gasteiger partial charge < -0.3 is 5.32 Å². The van der Waals surface area contributed by atoms with Crippen LogP contribution >= 0.6 is 11.3 Å². The number of nitrogens with one attached hydrogen (secondary N) is 1. The van der Waals surface area contributed by atoms with Crippen molar-refractivity contribution in [3.05, 3.63) is 58.3 Å². The summed E-state index contributed by atoms with van der Waals surface area (Å²) in [5, 5.41) is 3.40. The molecule has 0 saturated heterocycles. The number of rotatable bonds is 5. The highest BCUT2D eigenvalue weighted by Crippen LogP contribution is 2.38. The SMILES string of the molecule is CCCN1C(=O)[C@@](NC(=O)c2cccs2)(C(F)(F)F)N=C1c1ccccc1. The normalized spacial score (nSPS) is 19.9. The van der Waals surface area contributed by atoms with E-state index in [-0.39, 0.29) is 17.3 Å². The molecule has 0 radical (unpaired) electrons. The second-order valence-corrected chi connectivity index (χ2v) is 6.85. The number of aliphatic imine (C=N–C) groups is 1. The summed E-state index contributed by atoms with van der Waals surface area (Å²) in [6, 6.07) is 11.1. The van der Waals surface area contributed by atoms with E-state index in [2.05, 4.69) is 4.99 Å². The maximum atomic E-state index is 14.0. The lowest BCUT2D eigenvalue weighted by Crippen LogP contribution is -2.63. The van der Waals surface area contributed by atoms with Gasteiger partial charge in [0.1, 0.15) is 5.84 Å². The van der Waals surface area contributed by atoms with Crippen LogP contribution in [0.2, 0.25) is 0 Å². The van der Waals surface area contributed by atoms with Crippen LogP contribution < -0.4 is 5.32 Å². The van der Waals surface area contributed by atoms with Gasteiger partial charge in [-0.3, -0.25) is 14.5 Å². The molecule has 9 heteroatoms. The molecule has 3 rings (SSSR count). The number of halogens is 3. The van der Waals surface area contributed by atoms with Crippen LogP contribution in [0.3, 0.4) is 0 Å². The molecule has 0 saturated carbocycles. The minimum atomic E-state index is -5.10. The van der Waals surface area contributed by atoms with Crippen LogP contribution in [0.5, 0.6) is 0 Å². The van der Waals surface area contributed by atoms with Crippen molar-refractivity contribution in [2.45, 2.75) is 25.2 Å². The summed E-state index contributed by atoms with van der Waals surface area (Å²) in [5.74, 6) is -2.41. The number of amides is 2. The molecule has 1 aliphatic heterocycles. The Hall–Kier alpha value is -2.68. The van der Waals surface area contributed by atoms with Crippen molar-refractivity contribution >= 4 is 29.0 Å². The van der Waals surface area contributed by atoms with Gasteiger partial charge in [-0.2, -0.15) is 13.2 Å². The van der Waals surface area contributed by atoms with Crippen LogP contribution in [0.15, 0.2) is 52.8 Å². The molecule has 0 bridgehead atoms. The topological polar surface area (TPSA) is 61.8 Å². The van der Waals surface area contributed by atoms with Crippen molar-refractivity contribution < 1.29 is 22.8 Å². The fourth-order valence-electron chi connectivity index (χ4n) is 2.77. The molecule has 27 heavy (non-hydrogen) atoms. The van der Waals surface area contributed by atoms with Crippen LogP contribution in [0.25, 0.3) is 0 Å². The maximum absolute atomic E-state index is 14.0. The van der Waals surface area contributed by atoms with Crippen LogP contribution in [-0.2, 0) is 4.79 Å². The van der Waals surface area contributed by atoms with Gasteiger partial charge in [-0.05, 0) is 17.9 Å². The molecule has 2 aromatic rings. The molecule has 0 unspecified atom stereocenters. The standard InChI is InChI=1S/C18H16F3N3O2S/c1-2-10-24-14(12-7-4-3-5-8-12)22-17(16(24)26,18(19,20)21)23-15(25)13-9-6-11-27-13/h3-9,11H,2,10H2,1H3,(H,23,25)/t17-/m1/s1. The molecule has 2 amide bonds. The molecule has 1 aliphatic rings. The number of carbonyl (C=O) groups is 2. The van der Waals surface area contributed by atoms with E-state index in [1.54, 1.807) is 48.7 Å². The Labute approximate surface area is 157 Å². The summed E-state index contributed by atoms with van der Waals surface area (Å²) >= 11 is 0.980. The van der Waals surface area contributed by atoms with Gasteiger partial charge in [-0.15, -0.1) is 11.3 Å². The third kappa shape index (κ3) is 3.34.